The van der Waals surface area contributed by atoms with Crippen LogP contribution in [-0.2, 0) is 6.54 Å². The molecule has 0 aliphatic heterocycles. The van der Waals surface area contributed by atoms with Gasteiger partial charge in [-0.1, -0.05) is 43.0 Å². The molecule has 1 aromatic carbocycles. The average molecular weight is 364 g/mol. The highest BCUT2D eigenvalue weighted by atomic mass is 35.5. The van der Waals surface area contributed by atoms with Gasteiger partial charge in [0.25, 0.3) is 5.56 Å². The monoisotopic (exact) mass is 363 g/mol. The van der Waals surface area contributed by atoms with Crippen LogP contribution in [0.25, 0.3) is 17.0 Å². The first-order chi connectivity index (χ1) is 11.5. The molecule has 0 atom stereocenters. The van der Waals surface area contributed by atoms with E-state index in [9.17, 15) is 4.79 Å². The minimum atomic E-state index is -0.0851. The Kier molecular flexibility index (Phi) is 4.97. The fourth-order valence-electron chi connectivity index (χ4n) is 2.83. The van der Waals surface area contributed by atoms with Crippen molar-refractivity contribution in [3.05, 3.63) is 56.6 Å². The summed E-state index contributed by atoms with van der Waals surface area (Å²) in [6, 6.07) is 6.92. The average Bonchev–Trinajstić information content (AvgIpc) is 2.96. The predicted molar refractivity (Wildman–Crippen MR) is 99.2 cm³/mol. The fraction of sp³-hybridized carbons (Fsp3) is 0.333. The molecule has 2 heterocycles. The normalized spacial score (nSPS) is 11.3. The quantitative estimate of drug-likeness (QED) is 0.600. The van der Waals surface area contributed by atoms with Crippen LogP contribution in [0.5, 0.6) is 0 Å². The fourth-order valence-corrected chi connectivity index (χ4v) is 3.34. The van der Waals surface area contributed by atoms with Gasteiger partial charge >= 0.3 is 0 Å². The second kappa shape index (κ2) is 6.99. The van der Waals surface area contributed by atoms with Crippen molar-refractivity contribution in [2.45, 2.75) is 39.7 Å². The van der Waals surface area contributed by atoms with Gasteiger partial charge in [0.1, 0.15) is 0 Å². The van der Waals surface area contributed by atoms with E-state index in [2.05, 4.69) is 16.5 Å². The molecule has 3 rings (SSSR count). The zero-order chi connectivity index (χ0) is 17.3. The van der Waals surface area contributed by atoms with Gasteiger partial charge < -0.3 is 4.57 Å². The van der Waals surface area contributed by atoms with Crippen molar-refractivity contribution in [2.75, 3.05) is 0 Å². The standard InChI is InChI=1S/C18H19Cl2N3O/c1-3-4-5-8-22-12(2)9-17(24)23-11-16(21-18(22)23)14-7-6-13(19)10-15(14)20/h6-7,9-11H,3-5,8H2,1-2H3. The zero-order valence-electron chi connectivity index (χ0n) is 13.7. The maximum absolute atomic E-state index is 12.3. The van der Waals surface area contributed by atoms with Crippen molar-refractivity contribution in [1.82, 2.24) is 14.0 Å². The molecule has 3 aromatic rings. The van der Waals surface area contributed by atoms with E-state index in [1.54, 1.807) is 28.8 Å². The summed E-state index contributed by atoms with van der Waals surface area (Å²) >= 11 is 12.2. The number of benzene rings is 1. The molecule has 6 heteroatoms. The summed E-state index contributed by atoms with van der Waals surface area (Å²) in [5.74, 6) is 0.650. The third kappa shape index (κ3) is 3.21. The van der Waals surface area contributed by atoms with Gasteiger partial charge in [0.2, 0.25) is 5.78 Å². The first-order valence-corrected chi connectivity index (χ1v) is 8.82. The van der Waals surface area contributed by atoms with Gasteiger partial charge in [-0.25, -0.2) is 4.98 Å². The van der Waals surface area contributed by atoms with E-state index in [0.717, 1.165) is 37.1 Å². The van der Waals surface area contributed by atoms with Gasteiger partial charge in [0, 0.05) is 35.1 Å². The molecule has 126 valence electrons. The topological polar surface area (TPSA) is 39.3 Å². The number of nitrogens with zero attached hydrogens (tertiary/aromatic N) is 3. The molecule has 2 aromatic heterocycles. The van der Waals surface area contributed by atoms with Crippen LogP contribution in [0.3, 0.4) is 0 Å². The Balaban J connectivity index is 2.14. The highest BCUT2D eigenvalue weighted by Gasteiger charge is 2.13. The Morgan fingerprint density at radius 2 is 1.96 bits per heavy atom. The number of aryl methyl sites for hydroxylation is 2. The number of halogens is 2. The van der Waals surface area contributed by atoms with Crippen molar-refractivity contribution in [3.63, 3.8) is 0 Å². The van der Waals surface area contributed by atoms with Crippen molar-refractivity contribution in [3.8, 4) is 11.3 Å². The van der Waals surface area contributed by atoms with E-state index in [0.29, 0.717) is 21.5 Å². The van der Waals surface area contributed by atoms with Gasteiger partial charge in [0.05, 0.1) is 10.7 Å². The Bertz CT molecular complexity index is 943. The Hall–Kier alpha value is -1.78. The van der Waals surface area contributed by atoms with Gasteiger partial charge in [-0.2, -0.15) is 0 Å². The highest BCUT2D eigenvalue weighted by Crippen LogP contribution is 2.29. The molecule has 0 bridgehead atoms. The van der Waals surface area contributed by atoms with E-state index in [1.165, 1.54) is 0 Å². The summed E-state index contributed by atoms with van der Waals surface area (Å²) < 4.78 is 3.67. The molecule has 0 amide bonds. The second-order valence-corrected chi connectivity index (χ2v) is 6.75. The summed E-state index contributed by atoms with van der Waals surface area (Å²) in [5.41, 5.74) is 2.27. The van der Waals surface area contributed by atoms with Gasteiger partial charge in [-0.05, 0) is 31.5 Å². The van der Waals surface area contributed by atoms with Crippen molar-refractivity contribution in [2.24, 2.45) is 0 Å². The summed E-state index contributed by atoms with van der Waals surface area (Å²) in [6.45, 7) is 4.95. The lowest BCUT2D eigenvalue weighted by molar-refractivity contribution is 0.590. The van der Waals surface area contributed by atoms with Crippen LogP contribution < -0.4 is 5.56 Å². The first kappa shape index (κ1) is 17.1. The predicted octanol–water partition coefficient (Wildman–Crippen LogP) is 4.97. The van der Waals surface area contributed by atoms with Crippen molar-refractivity contribution in [1.29, 1.82) is 0 Å². The molecule has 0 aliphatic carbocycles. The summed E-state index contributed by atoms with van der Waals surface area (Å²) in [5, 5.41) is 1.09. The van der Waals surface area contributed by atoms with Crippen LogP contribution >= 0.6 is 23.2 Å². The number of rotatable bonds is 5. The van der Waals surface area contributed by atoms with E-state index >= 15 is 0 Å². The minimum Gasteiger partial charge on any atom is -0.315 e. The molecule has 0 aliphatic rings. The van der Waals surface area contributed by atoms with Crippen LogP contribution in [0.2, 0.25) is 10.0 Å². The van der Waals surface area contributed by atoms with E-state index in [-0.39, 0.29) is 5.56 Å². The Morgan fingerprint density at radius 3 is 2.67 bits per heavy atom. The van der Waals surface area contributed by atoms with Gasteiger partial charge in [-0.15, -0.1) is 0 Å². The van der Waals surface area contributed by atoms with Crippen LogP contribution in [0.4, 0.5) is 0 Å². The maximum atomic E-state index is 12.3. The van der Waals surface area contributed by atoms with Crippen LogP contribution in [0, 0.1) is 6.92 Å². The Morgan fingerprint density at radius 1 is 1.17 bits per heavy atom. The van der Waals surface area contributed by atoms with Gasteiger partial charge in [0.15, 0.2) is 0 Å². The molecule has 0 saturated heterocycles. The number of unbranched alkanes of at least 4 members (excludes halogenated alkanes) is 2. The molecule has 0 radical (unpaired) electrons. The minimum absolute atomic E-state index is 0.0851. The number of hydrogen-bond acceptors (Lipinski definition) is 2. The smallest absolute Gasteiger partial charge is 0.259 e. The molecule has 0 N–H and O–H groups in total. The number of imidazole rings is 1. The van der Waals surface area contributed by atoms with Gasteiger partial charge in [-0.3, -0.25) is 9.20 Å². The number of hydrogen-bond donors (Lipinski definition) is 0. The van der Waals surface area contributed by atoms with Crippen LogP contribution in [-0.4, -0.2) is 14.0 Å². The van der Waals surface area contributed by atoms with E-state index < -0.39 is 0 Å². The van der Waals surface area contributed by atoms with Crippen molar-refractivity contribution < 1.29 is 0 Å². The van der Waals surface area contributed by atoms with Crippen molar-refractivity contribution >= 4 is 29.0 Å². The second-order valence-electron chi connectivity index (χ2n) is 5.90. The third-order valence-electron chi connectivity index (χ3n) is 4.12. The summed E-state index contributed by atoms with van der Waals surface area (Å²) in [4.78, 5) is 17.0. The molecule has 24 heavy (non-hydrogen) atoms. The number of aromatic nitrogens is 3. The largest absolute Gasteiger partial charge is 0.315 e. The molecule has 0 saturated carbocycles. The third-order valence-corrected chi connectivity index (χ3v) is 4.66. The lowest BCUT2D eigenvalue weighted by atomic mass is 10.2. The summed E-state index contributed by atoms with van der Waals surface area (Å²) in [7, 11) is 0. The molecule has 0 fully saturated rings. The van der Waals surface area contributed by atoms with E-state index in [1.807, 2.05) is 13.0 Å². The first-order valence-electron chi connectivity index (χ1n) is 8.06. The molecular formula is C18H19Cl2N3O. The maximum Gasteiger partial charge on any atom is 0.259 e. The summed E-state index contributed by atoms with van der Waals surface area (Å²) in [6.07, 6.45) is 5.09. The SMILES string of the molecule is CCCCCn1c(C)cc(=O)n2cc(-c3ccc(Cl)cc3Cl)nc12. The van der Waals surface area contributed by atoms with E-state index in [4.69, 9.17) is 23.2 Å². The lowest BCUT2D eigenvalue weighted by Crippen LogP contribution is -2.18. The molecular weight excluding hydrogens is 345 g/mol. The zero-order valence-corrected chi connectivity index (χ0v) is 15.2. The number of fused-ring (bicyclic) bond motifs is 1. The van der Waals surface area contributed by atoms with Crippen LogP contribution in [0.15, 0.2) is 35.3 Å². The highest BCUT2D eigenvalue weighted by molar-refractivity contribution is 6.36. The van der Waals surface area contributed by atoms with Crippen LogP contribution in [0.1, 0.15) is 31.9 Å². The molecule has 4 nitrogen and oxygen atoms in total. The Labute approximate surface area is 150 Å². The lowest BCUT2D eigenvalue weighted by Gasteiger charge is -2.11. The molecule has 0 unspecified atom stereocenters. The molecule has 0 spiro atoms.